The lowest BCUT2D eigenvalue weighted by Crippen LogP contribution is -2.36. The van der Waals surface area contributed by atoms with Gasteiger partial charge in [0.05, 0.1) is 10.2 Å². The van der Waals surface area contributed by atoms with Crippen molar-refractivity contribution >= 4 is 45.0 Å². The number of nitrogens with zero attached hydrogens (tertiary/aromatic N) is 4. The van der Waals surface area contributed by atoms with Crippen LogP contribution in [0.5, 0.6) is 0 Å². The Bertz CT molecular complexity index is 1060. The van der Waals surface area contributed by atoms with Gasteiger partial charge in [0.2, 0.25) is 0 Å². The largest absolute Gasteiger partial charge is 0.355 e. The maximum atomic E-state index is 13.2. The van der Waals surface area contributed by atoms with Crippen molar-refractivity contribution in [3.63, 3.8) is 0 Å². The van der Waals surface area contributed by atoms with Crippen molar-refractivity contribution in [1.82, 2.24) is 15.0 Å². The standard InChI is InChI=1S/C21H20N4O2S.ClH/c1-24(2)12-13-25(21-22-16-10-6-7-11-19(16)28-21)20(26)17-14-18(27-23-17)15-8-4-3-5-9-15;/h3-11,14H,12-13H2,1-2H3;1H. The van der Waals surface area contributed by atoms with Gasteiger partial charge < -0.3 is 9.42 Å². The Hall–Kier alpha value is -2.74. The predicted molar refractivity (Wildman–Crippen MR) is 119 cm³/mol. The number of amides is 1. The van der Waals surface area contributed by atoms with E-state index < -0.39 is 0 Å². The molecule has 1 amide bonds. The maximum Gasteiger partial charge on any atom is 0.282 e. The summed E-state index contributed by atoms with van der Waals surface area (Å²) in [5.41, 5.74) is 2.04. The normalized spacial score (nSPS) is 10.9. The third-order valence-electron chi connectivity index (χ3n) is 4.32. The second-order valence-electron chi connectivity index (χ2n) is 6.67. The van der Waals surface area contributed by atoms with E-state index >= 15 is 0 Å². The van der Waals surface area contributed by atoms with Crippen LogP contribution in [-0.2, 0) is 0 Å². The molecule has 4 rings (SSSR count). The average molecular weight is 429 g/mol. The molecule has 0 fully saturated rings. The third-order valence-corrected chi connectivity index (χ3v) is 5.38. The molecule has 0 saturated carbocycles. The van der Waals surface area contributed by atoms with Crippen LogP contribution in [0.2, 0.25) is 0 Å². The van der Waals surface area contributed by atoms with Gasteiger partial charge >= 0.3 is 0 Å². The van der Waals surface area contributed by atoms with Crippen LogP contribution in [0.25, 0.3) is 21.5 Å². The van der Waals surface area contributed by atoms with Crippen molar-refractivity contribution in [2.24, 2.45) is 0 Å². The number of para-hydroxylation sites is 1. The number of fused-ring (bicyclic) bond motifs is 1. The van der Waals surface area contributed by atoms with Crippen LogP contribution < -0.4 is 4.90 Å². The van der Waals surface area contributed by atoms with Crippen molar-refractivity contribution in [3.8, 4) is 11.3 Å². The quantitative estimate of drug-likeness (QED) is 0.449. The first-order valence-electron chi connectivity index (χ1n) is 8.96. The Morgan fingerprint density at radius 3 is 2.48 bits per heavy atom. The second-order valence-corrected chi connectivity index (χ2v) is 7.68. The monoisotopic (exact) mass is 428 g/mol. The topological polar surface area (TPSA) is 62.5 Å². The van der Waals surface area contributed by atoms with Crippen LogP contribution >= 0.6 is 23.7 Å². The van der Waals surface area contributed by atoms with Gasteiger partial charge in [-0.1, -0.05) is 59.0 Å². The van der Waals surface area contributed by atoms with E-state index in [0.29, 0.717) is 24.0 Å². The van der Waals surface area contributed by atoms with Crippen molar-refractivity contribution in [1.29, 1.82) is 0 Å². The van der Waals surface area contributed by atoms with Gasteiger partial charge in [0.15, 0.2) is 16.6 Å². The number of hydrogen-bond acceptors (Lipinski definition) is 6. The molecule has 0 spiro atoms. The van der Waals surface area contributed by atoms with Gasteiger partial charge in [0.25, 0.3) is 5.91 Å². The minimum absolute atomic E-state index is 0. The van der Waals surface area contributed by atoms with Crippen LogP contribution in [0.15, 0.2) is 65.2 Å². The number of rotatable bonds is 6. The van der Waals surface area contributed by atoms with Gasteiger partial charge in [-0.25, -0.2) is 4.98 Å². The molecule has 0 N–H and O–H groups in total. The van der Waals surface area contributed by atoms with Crippen LogP contribution in [0, 0.1) is 0 Å². The van der Waals surface area contributed by atoms with E-state index in [1.807, 2.05) is 73.6 Å². The number of carbonyl (C=O) groups excluding carboxylic acids is 1. The summed E-state index contributed by atoms with van der Waals surface area (Å²) in [6, 6.07) is 19.2. The van der Waals surface area contributed by atoms with Crippen LogP contribution in [0.3, 0.4) is 0 Å². The molecule has 0 bridgehead atoms. The van der Waals surface area contributed by atoms with Crippen molar-refractivity contribution in [3.05, 3.63) is 66.4 Å². The van der Waals surface area contributed by atoms with E-state index in [4.69, 9.17) is 4.52 Å². The zero-order valence-corrected chi connectivity index (χ0v) is 17.7. The highest BCUT2D eigenvalue weighted by molar-refractivity contribution is 7.22. The average Bonchev–Trinajstić information content (AvgIpc) is 3.36. The first kappa shape index (κ1) is 21.0. The summed E-state index contributed by atoms with van der Waals surface area (Å²) in [5, 5.41) is 4.68. The molecular weight excluding hydrogens is 408 g/mol. The zero-order chi connectivity index (χ0) is 19.5. The van der Waals surface area contributed by atoms with Crippen molar-refractivity contribution in [2.45, 2.75) is 0 Å². The van der Waals surface area contributed by atoms with E-state index in [0.717, 1.165) is 15.8 Å². The van der Waals surface area contributed by atoms with E-state index in [9.17, 15) is 4.79 Å². The smallest absolute Gasteiger partial charge is 0.282 e. The van der Waals surface area contributed by atoms with E-state index in [1.54, 1.807) is 11.0 Å². The Morgan fingerprint density at radius 2 is 1.76 bits per heavy atom. The Kier molecular flexibility index (Phi) is 6.64. The number of halogens is 1. The molecule has 0 radical (unpaired) electrons. The molecule has 6 nitrogen and oxygen atoms in total. The summed E-state index contributed by atoms with van der Waals surface area (Å²) in [6.07, 6.45) is 0. The summed E-state index contributed by atoms with van der Waals surface area (Å²) in [4.78, 5) is 21.6. The number of anilines is 1. The lowest BCUT2D eigenvalue weighted by molar-refractivity contribution is 0.0976. The minimum atomic E-state index is -0.216. The molecule has 0 unspecified atom stereocenters. The molecule has 2 heterocycles. The number of benzene rings is 2. The van der Waals surface area contributed by atoms with Gasteiger partial charge in [-0.05, 0) is 26.2 Å². The molecular formula is C21H21ClN4O2S. The number of thiazole rings is 1. The van der Waals surface area contributed by atoms with E-state index in [-0.39, 0.29) is 24.0 Å². The molecule has 2 aromatic heterocycles. The SMILES string of the molecule is CN(C)CCN(C(=O)c1cc(-c2ccccc2)on1)c1nc2ccccc2s1.Cl. The Labute approximate surface area is 179 Å². The first-order valence-corrected chi connectivity index (χ1v) is 9.78. The second kappa shape index (κ2) is 9.17. The highest BCUT2D eigenvalue weighted by Gasteiger charge is 2.24. The number of carbonyl (C=O) groups is 1. The van der Waals surface area contributed by atoms with Crippen molar-refractivity contribution in [2.75, 3.05) is 32.1 Å². The molecule has 2 aromatic carbocycles. The molecule has 150 valence electrons. The molecule has 0 aliphatic rings. The fourth-order valence-corrected chi connectivity index (χ4v) is 3.80. The molecule has 0 atom stereocenters. The van der Waals surface area contributed by atoms with Crippen LogP contribution in [0.4, 0.5) is 5.13 Å². The Morgan fingerprint density at radius 1 is 1.03 bits per heavy atom. The Balaban J connectivity index is 0.00000240. The molecule has 0 aliphatic carbocycles. The molecule has 0 aliphatic heterocycles. The predicted octanol–water partition coefficient (Wildman–Crippen LogP) is 4.58. The highest BCUT2D eigenvalue weighted by Crippen LogP contribution is 2.30. The zero-order valence-electron chi connectivity index (χ0n) is 16.1. The number of aromatic nitrogens is 2. The summed E-state index contributed by atoms with van der Waals surface area (Å²) < 4.78 is 6.46. The number of hydrogen-bond donors (Lipinski definition) is 0. The van der Waals surface area contributed by atoms with Gasteiger partial charge in [0.1, 0.15) is 0 Å². The summed E-state index contributed by atoms with van der Waals surface area (Å²) in [6.45, 7) is 1.23. The van der Waals surface area contributed by atoms with E-state index in [2.05, 4.69) is 10.1 Å². The fraction of sp³-hybridized carbons (Fsp3) is 0.190. The van der Waals surface area contributed by atoms with Gasteiger partial charge in [-0.2, -0.15) is 0 Å². The van der Waals surface area contributed by atoms with Gasteiger partial charge in [-0.15, -0.1) is 12.4 Å². The third kappa shape index (κ3) is 4.64. The molecule has 29 heavy (non-hydrogen) atoms. The van der Waals surface area contributed by atoms with Gasteiger partial charge in [0, 0.05) is 24.7 Å². The summed E-state index contributed by atoms with van der Waals surface area (Å²) >= 11 is 1.50. The van der Waals surface area contributed by atoms with Crippen molar-refractivity contribution < 1.29 is 9.32 Å². The molecule has 0 saturated heterocycles. The van der Waals surface area contributed by atoms with Gasteiger partial charge in [-0.3, -0.25) is 9.69 Å². The van der Waals surface area contributed by atoms with E-state index in [1.165, 1.54) is 11.3 Å². The summed E-state index contributed by atoms with van der Waals surface area (Å²) in [5.74, 6) is 0.354. The highest BCUT2D eigenvalue weighted by atomic mass is 35.5. The minimum Gasteiger partial charge on any atom is -0.355 e. The van der Waals surface area contributed by atoms with Crippen LogP contribution in [-0.4, -0.2) is 48.1 Å². The number of likely N-dealkylation sites (N-methyl/N-ethyl adjacent to an activating group) is 1. The maximum absolute atomic E-state index is 13.2. The first-order chi connectivity index (χ1) is 13.6. The lowest BCUT2D eigenvalue weighted by atomic mass is 10.1. The fourth-order valence-electron chi connectivity index (χ4n) is 2.81. The molecule has 8 heteroatoms. The lowest BCUT2D eigenvalue weighted by Gasteiger charge is -2.20. The molecule has 4 aromatic rings. The summed E-state index contributed by atoms with van der Waals surface area (Å²) in [7, 11) is 3.95. The van der Waals surface area contributed by atoms with Crippen LogP contribution in [0.1, 0.15) is 10.5 Å².